The summed E-state index contributed by atoms with van der Waals surface area (Å²) >= 11 is 0. The Hall–Kier alpha value is -6.39. The van der Waals surface area contributed by atoms with Crippen LogP contribution >= 0.6 is 0 Å². The number of halogens is 4. The number of esters is 2. The first-order valence-corrected chi connectivity index (χ1v) is 36.3. The van der Waals surface area contributed by atoms with Crippen LogP contribution in [0.1, 0.15) is 152 Å². The lowest BCUT2D eigenvalue weighted by molar-refractivity contribution is -0.243. The average Bonchev–Trinajstić information content (AvgIpc) is 1.68. The fraction of sp³-hybridized carbons (Fsp3) is 0.487. The lowest BCUT2D eigenvalue weighted by Crippen LogP contribution is -2.65. The normalized spacial score (nSPS) is 30.5. The molecule has 8 saturated carbocycles. The molecule has 0 heterocycles. The summed E-state index contributed by atoms with van der Waals surface area (Å²) in [6.45, 7) is 12.1. The quantitative estimate of drug-likeness (QED) is 0.0583. The zero-order valence-electron chi connectivity index (χ0n) is 56.1. The number of benzene rings is 6. The van der Waals surface area contributed by atoms with Gasteiger partial charge in [0.25, 0.3) is 11.8 Å². The Balaban J connectivity index is 0.000000144. The average molecular weight is 1340 g/mol. The van der Waals surface area contributed by atoms with Crippen molar-refractivity contribution in [3.8, 4) is 0 Å². The minimum atomic E-state index is -3.11. The van der Waals surface area contributed by atoms with Crippen molar-refractivity contribution in [1.82, 2.24) is 0 Å². The Bertz CT molecular complexity index is 3290. The zero-order valence-corrected chi connectivity index (χ0v) is 57.8. The second-order valence-corrected chi connectivity index (χ2v) is 33.6. The third-order valence-corrected chi connectivity index (χ3v) is 27.1. The van der Waals surface area contributed by atoms with Crippen molar-refractivity contribution < 1.29 is 61.2 Å². The van der Waals surface area contributed by atoms with Gasteiger partial charge in [-0.1, -0.05) is 137 Å². The van der Waals surface area contributed by atoms with Crippen molar-refractivity contribution in [2.45, 2.75) is 216 Å². The maximum Gasteiger partial charge on any atom is 0.312 e. The summed E-state index contributed by atoms with van der Waals surface area (Å²) in [5.41, 5.74) is -4.36. The summed E-state index contributed by atoms with van der Waals surface area (Å²) in [4.78, 5) is 72.7. The Morgan fingerprint density at radius 3 is 1.35 bits per heavy atom. The van der Waals surface area contributed by atoms with Crippen LogP contribution in [0.25, 0.3) is 0 Å². The number of fused-ring (bicyclic) bond motifs is 5. The summed E-state index contributed by atoms with van der Waals surface area (Å²) in [6.07, 6.45) is 3.93. The molecule has 8 fully saturated rings. The molecule has 0 aliphatic heterocycles. The summed E-state index contributed by atoms with van der Waals surface area (Å²) < 4.78 is 63.1. The van der Waals surface area contributed by atoms with Gasteiger partial charge in [-0.05, 0) is 185 Å². The van der Waals surface area contributed by atoms with E-state index in [1.54, 1.807) is 0 Å². The van der Waals surface area contributed by atoms with Crippen molar-refractivity contribution in [2.24, 2.45) is 57.2 Å². The number of Topliss-reactive ketones (excluding diaryl/α,β-unsaturated/α-hetero) is 3. The number of ketones is 3. The number of ether oxygens (including phenoxy) is 2. The van der Waals surface area contributed by atoms with E-state index in [1.165, 1.54) is 43.2 Å². The highest BCUT2D eigenvalue weighted by Crippen LogP contribution is 2.70. The van der Waals surface area contributed by atoms with Crippen molar-refractivity contribution in [3.63, 3.8) is 0 Å². The predicted molar refractivity (Wildman–Crippen MR) is 363 cm³/mol. The molecule has 95 heavy (non-hydrogen) atoms. The van der Waals surface area contributed by atoms with Gasteiger partial charge in [-0.3, -0.25) is 24.0 Å². The third-order valence-electron chi connectivity index (χ3n) is 22.7. The number of carbonyl (C=O) groups excluding carboxylic acids is 5. The van der Waals surface area contributed by atoms with E-state index in [-0.39, 0.29) is 111 Å². The molecule has 0 amide bonds. The van der Waals surface area contributed by atoms with E-state index in [1.807, 2.05) is 13.8 Å². The molecule has 8 aliphatic rings. The fourth-order valence-electron chi connectivity index (χ4n) is 17.8. The molecule has 6 aromatic rings. The van der Waals surface area contributed by atoms with Crippen molar-refractivity contribution >= 4 is 51.1 Å². The van der Waals surface area contributed by atoms with Crippen molar-refractivity contribution in [1.29, 1.82) is 0 Å². The number of alkyl halides is 4. The molecule has 0 aromatic heterocycles. The van der Waals surface area contributed by atoms with Crippen LogP contribution in [0.5, 0.6) is 0 Å². The van der Waals surface area contributed by atoms with Gasteiger partial charge in [0.2, 0.25) is 0 Å². The van der Waals surface area contributed by atoms with Crippen LogP contribution in [0.3, 0.4) is 0 Å². The number of hydrogen-bond donors (Lipinski definition) is 2. The highest BCUT2D eigenvalue weighted by molar-refractivity contribution is 7.97. The Labute approximate surface area is 564 Å². The largest absolute Gasteiger partial charge is 0.456 e. The van der Waals surface area contributed by atoms with E-state index in [4.69, 9.17) is 9.47 Å². The monoisotopic (exact) mass is 1340 g/mol. The van der Waals surface area contributed by atoms with E-state index in [0.29, 0.717) is 58.3 Å². The van der Waals surface area contributed by atoms with Crippen molar-refractivity contribution in [3.05, 3.63) is 182 Å². The van der Waals surface area contributed by atoms with Gasteiger partial charge in [0.1, 0.15) is 17.3 Å². The van der Waals surface area contributed by atoms with Gasteiger partial charge in [0.15, 0.2) is 41.6 Å². The highest BCUT2D eigenvalue weighted by Gasteiger charge is 2.69. The van der Waals surface area contributed by atoms with Gasteiger partial charge in [-0.15, -0.1) is 0 Å². The van der Waals surface area contributed by atoms with Crippen LogP contribution in [0, 0.1) is 57.2 Å². The van der Waals surface area contributed by atoms with E-state index in [9.17, 15) is 51.7 Å². The van der Waals surface area contributed by atoms with E-state index < -0.39 is 58.0 Å². The molecule has 14 rings (SSSR count). The molecule has 0 radical (unpaired) electrons. The molecular weight excluding hydrogens is 1240 g/mol. The first-order chi connectivity index (χ1) is 44.9. The van der Waals surface area contributed by atoms with Gasteiger partial charge in [-0.2, -0.15) is 0 Å². The molecule has 2 N–H and O–H groups in total. The standard InChI is InChI=1S/C29H42F2O5.2C18H15S.C15H22F2O4/c1-16(7-10-24(35)36-17(2)29(6,30)31)19-8-9-20-25-21(13-23(34)28(19,20)5)27(4)12-11-18(32)14-26(27,3)15-22(25)33;2*1-4-10-16(11-5-1)19(17-12-6-2-7-13-17)18-14-8-3-9-15-18;1-9(12(2,16)17)21-11(18)13-3-10-4-14(19,6-13)8-15(20,5-10)7-13/h16-17,19-21,25H,7-15H2,1-6H3;2*1-15H;9-10,19-20H,3-8H2,1-2H3/q;2*+1;/t16?,17?,19-,20+,21+,25+,26+,27-,28-;;;/m1.../s1. The smallest absolute Gasteiger partial charge is 0.312 e. The van der Waals surface area contributed by atoms with Gasteiger partial charge in [-0.25, -0.2) is 17.6 Å². The second kappa shape index (κ2) is 28.6. The molecule has 0 spiro atoms. The lowest BCUT2D eigenvalue weighted by Gasteiger charge is -2.63. The SMILES string of the molecule is CC(CCC(=O)OC(C)C(C)(F)F)[C@H]1CC[C@H]2[C@@H]3C(=O)C[C@]4(C)CC(=O)CC[C@]4(C)[C@H]3CC(=O)[C@]12C.CC(OC(=O)C12CC3CC(O)(CC(O)(C3)C1)C2)C(C)(F)F.c1ccc([S+](c2ccccc2)c2ccccc2)cc1.c1ccc([S+](c2ccccc2)c2ccccc2)cc1. The van der Waals surface area contributed by atoms with Gasteiger partial charge < -0.3 is 19.7 Å². The molecule has 15 heteroatoms. The molecule has 4 bridgehead atoms. The van der Waals surface area contributed by atoms with Crippen LogP contribution in [-0.2, 0) is 55.2 Å². The first kappa shape index (κ1) is 71.4. The number of aliphatic hydroxyl groups is 2. The topological polar surface area (TPSA) is 144 Å². The summed E-state index contributed by atoms with van der Waals surface area (Å²) in [7, 11) is -0.0293. The van der Waals surface area contributed by atoms with Gasteiger partial charge >= 0.3 is 11.9 Å². The van der Waals surface area contributed by atoms with Crippen LogP contribution in [0.4, 0.5) is 17.6 Å². The maximum absolute atomic E-state index is 13.9. The number of carbonyl (C=O) groups is 5. The van der Waals surface area contributed by atoms with E-state index in [2.05, 4.69) is 196 Å². The van der Waals surface area contributed by atoms with Crippen LogP contribution in [0.2, 0.25) is 0 Å². The molecular formula is C80H94F4O9S2+2. The van der Waals surface area contributed by atoms with Gasteiger partial charge in [0.05, 0.1) is 38.4 Å². The maximum atomic E-state index is 13.9. The fourth-order valence-corrected chi connectivity index (χ4v) is 22.0. The number of hydrogen-bond acceptors (Lipinski definition) is 9. The zero-order chi connectivity index (χ0) is 68.4. The molecule has 0 saturated heterocycles. The first-order valence-electron chi connectivity index (χ1n) is 33.9. The summed E-state index contributed by atoms with van der Waals surface area (Å²) in [6, 6.07) is 64.3. The third kappa shape index (κ3) is 15.5. The highest BCUT2D eigenvalue weighted by atomic mass is 32.2. The van der Waals surface area contributed by atoms with E-state index in [0.717, 1.165) is 26.2 Å². The second-order valence-electron chi connectivity index (χ2n) is 29.5. The molecule has 9 nitrogen and oxygen atoms in total. The van der Waals surface area contributed by atoms with Crippen LogP contribution in [-0.4, -0.2) is 74.8 Å². The summed E-state index contributed by atoms with van der Waals surface area (Å²) in [5.74, 6) is -6.98. The predicted octanol–water partition coefficient (Wildman–Crippen LogP) is 17.5. The van der Waals surface area contributed by atoms with E-state index >= 15 is 0 Å². The Kier molecular flexibility index (Phi) is 21.5. The van der Waals surface area contributed by atoms with Gasteiger partial charge in [0, 0.05) is 63.7 Å². The minimum absolute atomic E-state index is 0.0146. The Morgan fingerprint density at radius 1 is 0.558 bits per heavy atom. The lowest BCUT2D eigenvalue weighted by atomic mass is 9.40. The molecule has 5 unspecified atom stereocenters. The Morgan fingerprint density at radius 2 is 0.958 bits per heavy atom. The van der Waals surface area contributed by atoms with Crippen LogP contribution in [0.15, 0.2) is 211 Å². The molecule has 506 valence electrons. The molecule has 8 aliphatic carbocycles. The summed E-state index contributed by atoms with van der Waals surface area (Å²) in [5, 5.41) is 21.1. The van der Waals surface area contributed by atoms with Crippen molar-refractivity contribution in [2.75, 3.05) is 0 Å². The molecule has 6 aromatic carbocycles. The minimum Gasteiger partial charge on any atom is -0.456 e. The number of rotatable bonds is 15. The van der Waals surface area contributed by atoms with Crippen LogP contribution < -0.4 is 0 Å². The molecule has 12 atom stereocenters.